The minimum Gasteiger partial charge on any atom is -0.384 e. The van der Waals surface area contributed by atoms with E-state index in [-0.39, 0.29) is 11.8 Å². The number of hydrogen-bond donors (Lipinski definition) is 2. The van der Waals surface area contributed by atoms with Gasteiger partial charge in [-0.1, -0.05) is 37.3 Å². The highest BCUT2D eigenvalue weighted by Gasteiger charge is 2.18. The van der Waals surface area contributed by atoms with E-state index in [1.54, 1.807) is 17.9 Å². The normalized spacial score (nSPS) is 12.1. The highest BCUT2D eigenvalue weighted by molar-refractivity contribution is 5.83. The molecule has 1 aromatic carbocycles. The van der Waals surface area contributed by atoms with Crippen molar-refractivity contribution in [3.05, 3.63) is 47.7 Å². The molecule has 0 aliphatic carbocycles. The standard InChI is InChI=1S/C15H20N4O/c1-3-13(11-7-5-4-6-8-11)15(20)17-9-12-10-18-19(2)14(12)16/h4-8,10,13H,3,9,16H2,1-2H3,(H,17,20). The molecule has 20 heavy (non-hydrogen) atoms. The average Bonchev–Trinajstić information content (AvgIpc) is 2.78. The number of anilines is 1. The van der Waals surface area contributed by atoms with Gasteiger partial charge in [-0.15, -0.1) is 0 Å². The third kappa shape index (κ3) is 2.99. The monoisotopic (exact) mass is 272 g/mol. The summed E-state index contributed by atoms with van der Waals surface area (Å²) in [5.41, 5.74) is 7.73. The van der Waals surface area contributed by atoms with E-state index in [9.17, 15) is 4.79 Å². The van der Waals surface area contributed by atoms with Gasteiger partial charge in [0.1, 0.15) is 5.82 Å². The fourth-order valence-corrected chi connectivity index (χ4v) is 2.19. The molecule has 2 aromatic rings. The minimum atomic E-state index is -0.130. The quantitative estimate of drug-likeness (QED) is 0.872. The first-order valence-electron chi connectivity index (χ1n) is 6.72. The summed E-state index contributed by atoms with van der Waals surface area (Å²) < 4.78 is 1.59. The molecule has 1 amide bonds. The molecule has 0 aliphatic heterocycles. The fourth-order valence-electron chi connectivity index (χ4n) is 2.19. The zero-order valence-corrected chi connectivity index (χ0v) is 11.8. The van der Waals surface area contributed by atoms with E-state index in [0.29, 0.717) is 12.4 Å². The van der Waals surface area contributed by atoms with Crippen LogP contribution in [0.4, 0.5) is 5.82 Å². The first-order valence-corrected chi connectivity index (χ1v) is 6.72. The van der Waals surface area contributed by atoms with Gasteiger partial charge in [0.25, 0.3) is 0 Å². The SMILES string of the molecule is CCC(C(=O)NCc1cnn(C)c1N)c1ccccc1. The number of hydrogen-bond acceptors (Lipinski definition) is 3. The average molecular weight is 272 g/mol. The van der Waals surface area contributed by atoms with Crippen LogP contribution >= 0.6 is 0 Å². The molecular weight excluding hydrogens is 252 g/mol. The molecule has 1 unspecified atom stereocenters. The summed E-state index contributed by atoms with van der Waals surface area (Å²) >= 11 is 0. The Balaban J connectivity index is 2.02. The molecule has 5 heteroatoms. The summed E-state index contributed by atoms with van der Waals surface area (Å²) in [5.74, 6) is 0.467. The Kier molecular flexibility index (Phi) is 4.40. The van der Waals surface area contributed by atoms with Gasteiger partial charge in [0.05, 0.1) is 12.1 Å². The predicted octanol–water partition coefficient (Wildman–Crippen LogP) is 1.81. The summed E-state index contributed by atoms with van der Waals surface area (Å²) in [5, 5.41) is 6.99. The summed E-state index contributed by atoms with van der Waals surface area (Å²) in [6.45, 7) is 2.41. The lowest BCUT2D eigenvalue weighted by Gasteiger charge is -2.15. The Morgan fingerprint density at radius 3 is 2.65 bits per heavy atom. The van der Waals surface area contributed by atoms with Crippen LogP contribution in [0, 0.1) is 0 Å². The molecule has 2 rings (SSSR count). The number of nitrogen functional groups attached to an aromatic ring is 1. The Hall–Kier alpha value is -2.30. The third-order valence-electron chi connectivity index (χ3n) is 3.44. The second kappa shape index (κ2) is 6.23. The van der Waals surface area contributed by atoms with Crippen molar-refractivity contribution >= 4 is 11.7 Å². The number of rotatable bonds is 5. The zero-order valence-electron chi connectivity index (χ0n) is 11.8. The molecule has 106 valence electrons. The smallest absolute Gasteiger partial charge is 0.227 e. The lowest BCUT2D eigenvalue weighted by molar-refractivity contribution is -0.122. The molecule has 5 nitrogen and oxygen atoms in total. The molecule has 1 atom stereocenters. The molecule has 1 heterocycles. The molecule has 3 N–H and O–H groups in total. The van der Waals surface area contributed by atoms with Crippen LogP contribution in [-0.2, 0) is 18.4 Å². The second-order valence-corrected chi connectivity index (χ2v) is 4.77. The van der Waals surface area contributed by atoms with Gasteiger partial charge in [-0.05, 0) is 12.0 Å². The van der Waals surface area contributed by atoms with Crippen LogP contribution < -0.4 is 11.1 Å². The third-order valence-corrected chi connectivity index (χ3v) is 3.44. The number of benzene rings is 1. The van der Waals surface area contributed by atoms with Crippen LogP contribution in [0.2, 0.25) is 0 Å². The van der Waals surface area contributed by atoms with Crippen molar-refractivity contribution in [2.24, 2.45) is 7.05 Å². The van der Waals surface area contributed by atoms with Crippen LogP contribution in [0.5, 0.6) is 0 Å². The number of aromatic nitrogens is 2. The highest BCUT2D eigenvalue weighted by Crippen LogP contribution is 2.19. The maximum Gasteiger partial charge on any atom is 0.227 e. The summed E-state index contributed by atoms with van der Waals surface area (Å²) in [6.07, 6.45) is 2.44. The summed E-state index contributed by atoms with van der Waals surface area (Å²) in [4.78, 5) is 12.3. The lowest BCUT2D eigenvalue weighted by atomic mass is 9.95. The minimum absolute atomic E-state index is 0.0157. The predicted molar refractivity (Wildman–Crippen MR) is 78.9 cm³/mol. The first kappa shape index (κ1) is 14.1. The van der Waals surface area contributed by atoms with E-state index < -0.39 is 0 Å². The Morgan fingerprint density at radius 1 is 1.40 bits per heavy atom. The van der Waals surface area contributed by atoms with Gasteiger partial charge >= 0.3 is 0 Å². The number of nitrogens with two attached hydrogens (primary N) is 1. The van der Waals surface area contributed by atoms with Gasteiger partial charge in [-0.3, -0.25) is 9.48 Å². The molecule has 0 saturated carbocycles. The first-order chi connectivity index (χ1) is 9.63. The van der Waals surface area contributed by atoms with Crippen molar-refractivity contribution in [3.63, 3.8) is 0 Å². The van der Waals surface area contributed by atoms with Gasteiger partial charge in [-0.25, -0.2) is 0 Å². The van der Waals surface area contributed by atoms with Crippen LogP contribution in [0.1, 0.15) is 30.4 Å². The van der Waals surface area contributed by atoms with Crippen LogP contribution in [0.25, 0.3) is 0 Å². The van der Waals surface area contributed by atoms with Crippen molar-refractivity contribution in [3.8, 4) is 0 Å². The van der Waals surface area contributed by atoms with Crippen molar-refractivity contribution in [2.75, 3.05) is 5.73 Å². The van der Waals surface area contributed by atoms with E-state index in [0.717, 1.165) is 17.5 Å². The van der Waals surface area contributed by atoms with Crippen molar-refractivity contribution in [1.29, 1.82) is 0 Å². The molecule has 0 aliphatic rings. The molecule has 1 aromatic heterocycles. The van der Waals surface area contributed by atoms with Gasteiger partial charge in [0, 0.05) is 19.2 Å². The molecule has 0 radical (unpaired) electrons. The molecule has 0 bridgehead atoms. The number of carbonyl (C=O) groups is 1. The molecule has 0 saturated heterocycles. The van der Waals surface area contributed by atoms with Crippen molar-refractivity contribution in [1.82, 2.24) is 15.1 Å². The number of nitrogens with zero attached hydrogens (tertiary/aromatic N) is 2. The maximum absolute atomic E-state index is 12.3. The Labute approximate surface area is 118 Å². The maximum atomic E-state index is 12.3. The van der Waals surface area contributed by atoms with Crippen LogP contribution in [-0.4, -0.2) is 15.7 Å². The molecule has 0 spiro atoms. The number of aryl methyl sites for hydroxylation is 1. The highest BCUT2D eigenvalue weighted by atomic mass is 16.1. The summed E-state index contributed by atoms with van der Waals surface area (Å²) in [6, 6.07) is 9.80. The number of carbonyl (C=O) groups excluding carboxylic acids is 1. The number of nitrogens with one attached hydrogen (secondary N) is 1. The lowest BCUT2D eigenvalue weighted by Crippen LogP contribution is -2.28. The Bertz CT molecular complexity index is 577. The van der Waals surface area contributed by atoms with Crippen molar-refractivity contribution in [2.45, 2.75) is 25.8 Å². The zero-order chi connectivity index (χ0) is 14.5. The molecule has 0 fully saturated rings. The van der Waals surface area contributed by atoms with Gasteiger partial charge in [-0.2, -0.15) is 5.10 Å². The van der Waals surface area contributed by atoms with E-state index in [1.807, 2.05) is 37.3 Å². The van der Waals surface area contributed by atoms with Gasteiger partial charge in [0.15, 0.2) is 0 Å². The van der Waals surface area contributed by atoms with Crippen LogP contribution in [0.3, 0.4) is 0 Å². The topological polar surface area (TPSA) is 72.9 Å². The fraction of sp³-hybridized carbons (Fsp3) is 0.333. The van der Waals surface area contributed by atoms with E-state index >= 15 is 0 Å². The van der Waals surface area contributed by atoms with E-state index in [4.69, 9.17) is 5.73 Å². The van der Waals surface area contributed by atoms with Gasteiger partial charge < -0.3 is 11.1 Å². The van der Waals surface area contributed by atoms with E-state index in [1.165, 1.54) is 0 Å². The number of amides is 1. The second-order valence-electron chi connectivity index (χ2n) is 4.77. The molecular formula is C15H20N4O. The van der Waals surface area contributed by atoms with Crippen molar-refractivity contribution < 1.29 is 4.79 Å². The van der Waals surface area contributed by atoms with Gasteiger partial charge in [0.2, 0.25) is 5.91 Å². The van der Waals surface area contributed by atoms with Crippen LogP contribution in [0.15, 0.2) is 36.5 Å². The Morgan fingerprint density at radius 2 is 2.10 bits per heavy atom. The largest absolute Gasteiger partial charge is 0.384 e. The van der Waals surface area contributed by atoms with E-state index in [2.05, 4.69) is 10.4 Å². The summed E-state index contributed by atoms with van der Waals surface area (Å²) in [7, 11) is 1.78.